The van der Waals surface area contributed by atoms with Crippen LogP contribution in [0.4, 0.5) is 5.69 Å². The second kappa shape index (κ2) is 7.94. The van der Waals surface area contributed by atoms with Gasteiger partial charge in [0.1, 0.15) is 0 Å². The predicted octanol–water partition coefficient (Wildman–Crippen LogP) is 3.53. The summed E-state index contributed by atoms with van der Waals surface area (Å²) in [6.07, 6.45) is 0. The smallest absolute Gasteiger partial charge is 0.256 e. The molecular weight excluding hydrogens is 280 g/mol. The van der Waals surface area contributed by atoms with Crippen LogP contribution in [0.5, 0.6) is 0 Å². The number of carbonyl (C=O) groups is 1. The third-order valence-corrected chi connectivity index (χ3v) is 3.30. The lowest BCUT2D eigenvalue weighted by Crippen LogP contribution is -2.16. The van der Waals surface area contributed by atoms with Crippen molar-refractivity contribution in [3.63, 3.8) is 0 Å². The third-order valence-electron chi connectivity index (χ3n) is 2.61. The lowest BCUT2D eigenvalue weighted by atomic mass is 10.1. The summed E-state index contributed by atoms with van der Waals surface area (Å²) in [4.78, 5) is 12.0. The maximum absolute atomic E-state index is 12.0. The first-order valence-corrected chi connectivity index (χ1v) is 6.87. The van der Waals surface area contributed by atoms with Crippen LogP contribution in [0.1, 0.15) is 22.8 Å². The highest BCUT2D eigenvalue weighted by molar-refractivity contribution is 7.08. The van der Waals surface area contributed by atoms with Gasteiger partial charge >= 0.3 is 0 Å². The first kappa shape index (κ1) is 15.7. The average molecular weight is 297 g/mol. The molecule has 0 bridgehead atoms. The first-order valence-electron chi connectivity index (χ1n) is 5.93. The van der Waals surface area contributed by atoms with Gasteiger partial charge in [-0.3, -0.25) is 4.79 Å². The van der Waals surface area contributed by atoms with Crippen molar-refractivity contribution in [1.82, 2.24) is 5.32 Å². The van der Waals surface area contributed by atoms with Crippen molar-refractivity contribution in [3.8, 4) is 0 Å². The number of halogens is 1. The van der Waals surface area contributed by atoms with E-state index in [1.807, 2.05) is 41.1 Å². The highest BCUT2D eigenvalue weighted by Gasteiger charge is 2.08. The molecule has 0 aliphatic heterocycles. The van der Waals surface area contributed by atoms with Crippen molar-refractivity contribution < 1.29 is 4.79 Å². The van der Waals surface area contributed by atoms with E-state index >= 15 is 0 Å². The van der Waals surface area contributed by atoms with Crippen LogP contribution in [-0.4, -0.2) is 12.5 Å². The zero-order valence-electron chi connectivity index (χ0n) is 10.7. The van der Waals surface area contributed by atoms with Gasteiger partial charge in [0.05, 0.1) is 5.56 Å². The van der Waals surface area contributed by atoms with Crippen LogP contribution in [0, 0.1) is 0 Å². The largest absolute Gasteiger partial charge is 0.322 e. The van der Waals surface area contributed by atoms with Crippen LogP contribution in [0.15, 0.2) is 41.1 Å². The van der Waals surface area contributed by atoms with Crippen molar-refractivity contribution in [3.05, 3.63) is 52.2 Å². The van der Waals surface area contributed by atoms with Gasteiger partial charge in [0.15, 0.2) is 0 Å². The molecule has 2 aromatic rings. The van der Waals surface area contributed by atoms with Crippen LogP contribution in [0.3, 0.4) is 0 Å². The van der Waals surface area contributed by atoms with Crippen molar-refractivity contribution in [1.29, 1.82) is 0 Å². The molecule has 2 N–H and O–H groups in total. The van der Waals surface area contributed by atoms with E-state index in [1.54, 1.807) is 0 Å². The van der Waals surface area contributed by atoms with Crippen molar-refractivity contribution in [2.45, 2.75) is 13.5 Å². The third kappa shape index (κ3) is 4.35. The fourth-order valence-corrected chi connectivity index (χ4v) is 2.28. The second-order valence-electron chi connectivity index (χ2n) is 3.90. The Labute approximate surface area is 123 Å². The van der Waals surface area contributed by atoms with Gasteiger partial charge in [-0.25, -0.2) is 0 Å². The Morgan fingerprint density at radius 3 is 2.74 bits per heavy atom. The van der Waals surface area contributed by atoms with E-state index in [2.05, 4.69) is 17.6 Å². The summed E-state index contributed by atoms with van der Waals surface area (Å²) >= 11 is 1.52. The van der Waals surface area contributed by atoms with E-state index in [4.69, 9.17) is 0 Å². The zero-order chi connectivity index (χ0) is 12.8. The summed E-state index contributed by atoms with van der Waals surface area (Å²) in [6, 6.07) is 9.68. The van der Waals surface area contributed by atoms with Crippen LogP contribution in [0.2, 0.25) is 0 Å². The molecule has 102 valence electrons. The standard InChI is InChI=1S/C14H16N2OS.ClH/c1-2-15-9-11-5-3-4-6-13(11)16-14(17)12-7-8-18-10-12;/h3-8,10,15H,2,9H2,1H3,(H,16,17);1H. The summed E-state index contributed by atoms with van der Waals surface area (Å²) in [7, 11) is 0. The Balaban J connectivity index is 0.00000180. The molecule has 0 saturated carbocycles. The molecule has 2 rings (SSSR count). The number of hydrogen-bond donors (Lipinski definition) is 2. The molecule has 3 nitrogen and oxygen atoms in total. The molecule has 0 fully saturated rings. The van der Waals surface area contributed by atoms with Gasteiger partial charge in [-0.1, -0.05) is 25.1 Å². The van der Waals surface area contributed by atoms with E-state index in [-0.39, 0.29) is 18.3 Å². The second-order valence-corrected chi connectivity index (χ2v) is 4.68. The molecule has 0 radical (unpaired) electrons. The minimum Gasteiger partial charge on any atom is -0.322 e. The SMILES string of the molecule is CCNCc1ccccc1NC(=O)c1ccsc1.Cl. The van der Waals surface area contributed by atoms with Gasteiger partial charge in [0, 0.05) is 17.6 Å². The number of nitrogens with one attached hydrogen (secondary N) is 2. The minimum atomic E-state index is -0.0554. The molecule has 0 unspecified atom stereocenters. The summed E-state index contributed by atoms with van der Waals surface area (Å²) < 4.78 is 0. The fourth-order valence-electron chi connectivity index (χ4n) is 1.64. The molecule has 19 heavy (non-hydrogen) atoms. The van der Waals surface area contributed by atoms with Gasteiger partial charge in [0.2, 0.25) is 0 Å². The van der Waals surface area contributed by atoms with Crippen molar-refractivity contribution >= 4 is 35.3 Å². The number of amides is 1. The molecule has 0 aliphatic rings. The molecule has 0 saturated heterocycles. The van der Waals surface area contributed by atoms with Crippen molar-refractivity contribution in [2.75, 3.05) is 11.9 Å². The molecular formula is C14H17ClN2OS. The fraction of sp³-hybridized carbons (Fsp3) is 0.214. The number of carbonyl (C=O) groups excluding carboxylic acids is 1. The number of para-hydroxylation sites is 1. The van der Waals surface area contributed by atoms with Crippen LogP contribution < -0.4 is 10.6 Å². The average Bonchev–Trinajstić information content (AvgIpc) is 2.91. The Kier molecular flexibility index (Phi) is 6.56. The van der Waals surface area contributed by atoms with Crippen LogP contribution >= 0.6 is 23.7 Å². The lowest BCUT2D eigenvalue weighted by Gasteiger charge is -2.10. The summed E-state index contributed by atoms with van der Waals surface area (Å²) in [5.74, 6) is -0.0554. The van der Waals surface area contributed by atoms with Gasteiger partial charge in [-0.05, 0) is 29.6 Å². The Bertz CT molecular complexity index is 514. The quantitative estimate of drug-likeness (QED) is 0.886. The lowest BCUT2D eigenvalue weighted by molar-refractivity contribution is 0.102. The Hall–Kier alpha value is -1.36. The molecule has 0 aliphatic carbocycles. The highest BCUT2D eigenvalue weighted by Crippen LogP contribution is 2.16. The Morgan fingerprint density at radius 2 is 2.05 bits per heavy atom. The maximum Gasteiger partial charge on any atom is 0.256 e. The van der Waals surface area contributed by atoms with E-state index < -0.39 is 0 Å². The van der Waals surface area contributed by atoms with Gasteiger partial charge in [-0.15, -0.1) is 12.4 Å². The summed E-state index contributed by atoms with van der Waals surface area (Å²) in [5, 5.41) is 9.96. The molecule has 1 amide bonds. The number of hydrogen-bond acceptors (Lipinski definition) is 3. The number of benzene rings is 1. The topological polar surface area (TPSA) is 41.1 Å². The van der Waals surface area contributed by atoms with E-state index in [9.17, 15) is 4.79 Å². The van der Waals surface area contributed by atoms with Gasteiger partial charge in [-0.2, -0.15) is 11.3 Å². The number of anilines is 1. The Morgan fingerprint density at radius 1 is 1.26 bits per heavy atom. The van der Waals surface area contributed by atoms with Crippen molar-refractivity contribution in [2.24, 2.45) is 0 Å². The van der Waals surface area contributed by atoms with Crippen LogP contribution in [0.25, 0.3) is 0 Å². The minimum absolute atomic E-state index is 0. The molecule has 0 atom stereocenters. The van der Waals surface area contributed by atoms with E-state index in [0.717, 1.165) is 24.3 Å². The van der Waals surface area contributed by atoms with E-state index in [0.29, 0.717) is 5.56 Å². The molecule has 1 heterocycles. The summed E-state index contributed by atoms with van der Waals surface area (Å²) in [5.41, 5.74) is 2.68. The van der Waals surface area contributed by atoms with Crippen LogP contribution in [-0.2, 0) is 6.54 Å². The van der Waals surface area contributed by atoms with E-state index in [1.165, 1.54) is 11.3 Å². The highest BCUT2D eigenvalue weighted by atomic mass is 35.5. The monoisotopic (exact) mass is 296 g/mol. The zero-order valence-corrected chi connectivity index (χ0v) is 12.3. The molecule has 1 aromatic heterocycles. The molecule has 0 spiro atoms. The first-order chi connectivity index (χ1) is 8.81. The number of thiophene rings is 1. The molecule has 1 aromatic carbocycles. The number of rotatable bonds is 5. The normalized spacial score (nSPS) is 9.74. The predicted molar refractivity (Wildman–Crippen MR) is 83.3 cm³/mol. The summed E-state index contributed by atoms with van der Waals surface area (Å²) in [6.45, 7) is 3.73. The molecule has 5 heteroatoms. The van der Waals surface area contributed by atoms with Gasteiger partial charge < -0.3 is 10.6 Å². The van der Waals surface area contributed by atoms with Gasteiger partial charge in [0.25, 0.3) is 5.91 Å². The maximum atomic E-state index is 12.0.